The molecule has 0 aliphatic heterocycles. The number of carbonyl (C=O) groups is 1. The summed E-state index contributed by atoms with van der Waals surface area (Å²) in [7, 11) is 0. The Balaban J connectivity index is 2.18. The van der Waals surface area contributed by atoms with Gasteiger partial charge in [0.2, 0.25) is 0 Å². The molecule has 1 aliphatic rings. The number of nitrogens with zero attached hydrogens (tertiary/aromatic N) is 2. The average Bonchev–Trinajstić information content (AvgIpc) is 2.89. The summed E-state index contributed by atoms with van der Waals surface area (Å²) in [6.07, 6.45) is 5.74. The Kier molecular flexibility index (Phi) is 3.95. The van der Waals surface area contributed by atoms with Crippen LogP contribution in [-0.2, 0) is 10.2 Å². The molecular weight excluding hydrogens is 307 g/mol. The van der Waals surface area contributed by atoms with E-state index in [9.17, 15) is 14.3 Å². The molecule has 0 bridgehead atoms. The van der Waals surface area contributed by atoms with Gasteiger partial charge >= 0.3 is 5.97 Å². The molecule has 0 saturated heterocycles. The fraction of sp³-hybridized carbons (Fsp3) is 0.316. The molecule has 1 aromatic heterocycles. The Labute approximate surface area is 140 Å². The molecule has 2 aromatic rings. The lowest BCUT2D eigenvalue weighted by Crippen LogP contribution is -2.38. The molecule has 1 aliphatic carbocycles. The lowest BCUT2D eigenvalue weighted by molar-refractivity contribution is -0.143. The molecule has 1 heterocycles. The van der Waals surface area contributed by atoms with Gasteiger partial charge in [-0.1, -0.05) is 25.1 Å². The zero-order valence-corrected chi connectivity index (χ0v) is 13.9. The standard InChI is InChI=1S/C19H19FN2O2/c1-11-7-14(15-9-21-13(3)22-10-15)8-19(11,18(23)24)16-5-4-6-17(20)12(16)2/h4-6,8-11H,7H2,1-3H3,(H,23,24). The number of aliphatic carboxylic acids is 1. The van der Waals surface area contributed by atoms with Crippen molar-refractivity contribution in [2.75, 3.05) is 0 Å². The maximum absolute atomic E-state index is 14.0. The third kappa shape index (κ3) is 2.40. The lowest BCUT2D eigenvalue weighted by atomic mass is 9.72. The summed E-state index contributed by atoms with van der Waals surface area (Å²) in [6.45, 7) is 5.31. The molecule has 0 amide bonds. The highest BCUT2D eigenvalue weighted by molar-refractivity contribution is 5.90. The molecule has 2 atom stereocenters. The Morgan fingerprint density at radius 3 is 2.58 bits per heavy atom. The van der Waals surface area contributed by atoms with E-state index < -0.39 is 11.4 Å². The van der Waals surface area contributed by atoms with Crippen molar-refractivity contribution in [2.45, 2.75) is 32.6 Å². The number of halogens is 1. The molecular formula is C19H19FN2O2. The summed E-state index contributed by atoms with van der Waals surface area (Å²) >= 11 is 0. The molecule has 0 radical (unpaired) electrons. The van der Waals surface area contributed by atoms with Gasteiger partial charge in [0, 0.05) is 18.0 Å². The normalized spacial score (nSPS) is 23.2. The molecule has 4 nitrogen and oxygen atoms in total. The van der Waals surface area contributed by atoms with Crippen molar-refractivity contribution in [3.8, 4) is 0 Å². The van der Waals surface area contributed by atoms with Crippen molar-refractivity contribution in [1.82, 2.24) is 9.97 Å². The van der Waals surface area contributed by atoms with Crippen LogP contribution in [0.15, 0.2) is 36.7 Å². The van der Waals surface area contributed by atoms with Gasteiger partial charge in [-0.25, -0.2) is 14.4 Å². The molecule has 1 aromatic carbocycles. The van der Waals surface area contributed by atoms with Crippen molar-refractivity contribution < 1.29 is 14.3 Å². The molecule has 0 saturated carbocycles. The topological polar surface area (TPSA) is 63.1 Å². The fourth-order valence-corrected chi connectivity index (χ4v) is 3.51. The van der Waals surface area contributed by atoms with E-state index in [0.29, 0.717) is 23.4 Å². The van der Waals surface area contributed by atoms with E-state index in [1.807, 2.05) is 6.92 Å². The Morgan fingerprint density at radius 2 is 1.96 bits per heavy atom. The van der Waals surface area contributed by atoms with E-state index in [2.05, 4.69) is 9.97 Å². The summed E-state index contributed by atoms with van der Waals surface area (Å²) in [5, 5.41) is 10.0. The SMILES string of the molecule is Cc1ncc(C2=CC(C(=O)O)(c3cccc(F)c3C)C(C)C2)cn1. The molecule has 1 N–H and O–H groups in total. The summed E-state index contributed by atoms with van der Waals surface area (Å²) in [5.74, 6) is -0.893. The van der Waals surface area contributed by atoms with Crippen LogP contribution in [0.5, 0.6) is 0 Å². The highest BCUT2D eigenvalue weighted by atomic mass is 19.1. The first-order chi connectivity index (χ1) is 11.4. The van der Waals surface area contributed by atoms with Crippen LogP contribution in [0.2, 0.25) is 0 Å². The number of aryl methyl sites for hydroxylation is 1. The van der Waals surface area contributed by atoms with E-state index in [4.69, 9.17) is 0 Å². The second kappa shape index (κ2) is 5.82. The number of allylic oxidation sites excluding steroid dienone is 1. The van der Waals surface area contributed by atoms with Gasteiger partial charge in [-0.15, -0.1) is 0 Å². The summed E-state index contributed by atoms with van der Waals surface area (Å²) in [4.78, 5) is 20.6. The minimum Gasteiger partial charge on any atom is -0.480 e. The van der Waals surface area contributed by atoms with Gasteiger partial charge in [0.1, 0.15) is 17.1 Å². The van der Waals surface area contributed by atoms with Crippen LogP contribution in [0.25, 0.3) is 5.57 Å². The van der Waals surface area contributed by atoms with E-state index in [1.54, 1.807) is 44.4 Å². The zero-order valence-electron chi connectivity index (χ0n) is 13.9. The van der Waals surface area contributed by atoms with Crippen molar-refractivity contribution >= 4 is 11.5 Å². The number of benzene rings is 1. The molecule has 3 rings (SSSR count). The third-order valence-corrected chi connectivity index (χ3v) is 4.92. The highest BCUT2D eigenvalue weighted by Gasteiger charge is 2.49. The minimum absolute atomic E-state index is 0.202. The van der Waals surface area contributed by atoms with Crippen molar-refractivity contribution in [2.24, 2.45) is 5.92 Å². The van der Waals surface area contributed by atoms with Crippen molar-refractivity contribution in [3.63, 3.8) is 0 Å². The number of carboxylic acids is 1. The molecule has 0 fully saturated rings. The van der Waals surface area contributed by atoms with Crippen molar-refractivity contribution in [1.29, 1.82) is 0 Å². The van der Waals surface area contributed by atoms with E-state index >= 15 is 0 Å². The fourth-order valence-electron chi connectivity index (χ4n) is 3.51. The number of aromatic nitrogens is 2. The van der Waals surface area contributed by atoms with Gasteiger partial charge in [-0.2, -0.15) is 0 Å². The summed E-state index contributed by atoms with van der Waals surface area (Å²) in [5.41, 5.74) is 1.33. The van der Waals surface area contributed by atoms with Gasteiger partial charge in [0.05, 0.1) is 0 Å². The van der Waals surface area contributed by atoms with Gasteiger partial charge in [-0.3, -0.25) is 4.79 Å². The van der Waals surface area contributed by atoms with E-state index in [-0.39, 0.29) is 11.7 Å². The second-order valence-corrected chi connectivity index (χ2v) is 6.38. The number of hydrogen-bond acceptors (Lipinski definition) is 3. The summed E-state index contributed by atoms with van der Waals surface area (Å²) in [6, 6.07) is 4.62. The summed E-state index contributed by atoms with van der Waals surface area (Å²) < 4.78 is 14.0. The Hall–Kier alpha value is -2.56. The Morgan fingerprint density at radius 1 is 1.29 bits per heavy atom. The minimum atomic E-state index is -1.24. The quantitative estimate of drug-likeness (QED) is 0.934. The number of carboxylic acid groups (broad SMARTS) is 1. The van der Waals surface area contributed by atoms with Gasteiger partial charge in [0.15, 0.2) is 0 Å². The number of hydrogen-bond donors (Lipinski definition) is 1. The predicted octanol–water partition coefficient (Wildman–Crippen LogP) is 3.68. The molecule has 0 spiro atoms. The van der Waals surface area contributed by atoms with E-state index in [0.717, 1.165) is 11.1 Å². The zero-order chi connectivity index (χ0) is 17.5. The third-order valence-electron chi connectivity index (χ3n) is 4.92. The maximum atomic E-state index is 14.0. The molecule has 24 heavy (non-hydrogen) atoms. The molecule has 5 heteroatoms. The van der Waals surface area contributed by atoms with Crippen LogP contribution in [0.1, 0.15) is 35.9 Å². The van der Waals surface area contributed by atoms with Gasteiger partial charge in [0.25, 0.3) is 0 Å². The van der Waals surface area contributed by atoms with Crippen LogP contribution < -0.4 is 0 Å². The van der Waals surface area contributed by atoms with Crippen LogP contribution in [0.3, 0.4) is 0 Å². The average molecular weight is 326 g/mol. The van der Waals surface area contributed by atoms with Gasteiger partial charge < -0.3 is 5.11 Å². The smallest absolute Gasteiger partial charge is 0.318 e. The van der Waals surface area contributed by atoms with Crippen LogP contribution in [-0.4, -0.2) is 21.0 Å². The van der Waals surface area contributed by atoms with Crippen molar-refractivity contribution in [3.05, 3.63) is 65.0 Å². The van der Waals surface area contributed by atoms with Crippen LogP contribution in [0, 0.1) is 25.6 Å². The van der Waals surface area contributed by atoms with E-state index in [1.165, 1.54) is 6.07 Å². The van der Waals surface area contributed by atoms with Gasteiger partial charge in [-0.05, 0) is 49.0 Å². The predicted molar refractivity (Wildman–Crippen MR) is 89.0 cm³/mol. The monoisotopic (exact) mass is 326 g/mol. The second-order valence-electron chi connectivity index (χ2n) is 6.38. The molecule has 2 unspecified atom stereocenters. The highest BCUT2D eigenvalue weighted by Crippen LogP contribution is 2.48. The Bertz CT molecular complexity index is 830. The first kappa shape index (κ1) is 16.3. The van der Waals surface area contributed by atoms with Crippen LogP contribution in [0.4, 0.5) is 4.39 Å². The van der Waals surface area contributed by atoms with Crippen LogP contribution >= 0.6 is 0 Å². The lowest BCUT2D eigenvalue weighted by Gasteiger charge is -2.30. The number of rotatable bonds is 3. The first-order valence-electron chi connectivity index (χ1n) is 7.86. The maximum Gasteiger partial charge on any atom is 0.318 e. The molecule has 124 valence electrons. The first-order valence-corrected chi connectivity index (χ1v) is 7.86. The largest absolute Gasteiger partial charge is 0.480 e.